The molecular weight excluding hydrogens is 726 g/mol. The van der Waals surface area contributed by atoms with Crippen molar-refractivity contribution in [3.8, 4) is 5.75 Å². The van der Waals surface area contributed by atoms with Gasteiger partial charge in [0.15, 0.2) is 0 Å². The lowest BCUT2D eigenvalue weighted by Gasteiger charge is -2.40. The van der Waals surface area contributed by atoms with Crippen LogP contribution in [0.4, 0.5) is 5.69 Å². The number of hydrogen-bond acceptors (Lipinski definition) is 14. The quantitative estimate of drug-likeness (QED) is 0.0485. The molecule has 0 aliphatic carbocycles. The molecule has 3 aliphatic heterocycles. The molecule has 17 nitrogen and oxygen atoms in total. The van der Waals surface area contributed by atoms with Crippen LogP contribution in [0.5, 0.6) is 5.75 Å². The topological polar surface area (TPSA) is 240 Å². The first kappa shape index (κ1) is 45.6. The minimum atomic E-state index is -1.25. The fraction of sp³-hybridized carbons (Fsp3) is 0.769. The van der Waals surface area contributed by atoms with Crippen LogP contribution in [0.25, 0.3) is 0 Å². The van der Waals surface area contributed by atoms with Crippen molar-refractivity contribution in [1.82, 2.24) is 0 Å². The number of rotatable bonds is 20. The van der Waals surface area contributed by atoms with E-state index in [2.05, 4.69) is 15.3 Å². The van der Waals surface area contributed by atoms with Crippen LogP contribution in [-0.4, -0.2) is 177 Å². The molecule has 17 heteroatoms. The van der Waals surface area contributed by atoms with E-state index in [1.807, 2.05) is 4.90 Å². The van der Waals surface area contributed by atoms with E-state index in [1.165, 1.54) is 20.8 Å². The van der Waals surface area contributed by atoms with Crippen LogP contribution in [0.3, 0.4) is 0 Å². The van der Waals surface area contributed by atoms with Gasteiger partial charge in [-0.25, -0.2) is 0 Å². The van der Waals surface area contributed by atoms with Crippen molar-refractivity contribution < 1.29 is 64.5 Å². The number of piperidine rings is 3. The van der Waals surface area contributed by atoms with Crippen LogP contribution in [0.15, 0.2) is 39.6 Å². The molecule has 3 aliphatic rings. The van der Waals surface area contributed by atoms with Gasteiger partial charge in [0, 0.05) is 36.5 Å². The highest BCUT2D eigenvalue weighted by atomic mass is 16.5. The number of quaternary nitrogens is 3. The molecule has 0 aromatic heterocycles. The van der Waals surface area contributed by atoms with Crippen molar-refractivity contribution in [3.05, 3.63) is 24.3 Å². The van der Waals surface area contributed by atoms with E-state index in [1.54, 1.807) is 24.3 Å². The Hall–Kier alpha value is -3.13. The molecule has 1 aromatic rings. The molecule has 0 bridgehead atoms. The number of nitrogens with zero attached hydrogens (tertiary/aromatic N) is 7. The number of aliphatic hydroxyl groups is 6. The van der Waals surface area contributed by atoms with Crippen LogP contribution in [0.1, 0.15) is 78.6 Å². The van der Waals surface area contributed by atoms with Crippen molar-refractivity contribution in [2.45, 2.75) is 115 Å². The first-order chi connectivity index (χ1) is 26.5. The standard InChI is InChI=1S/C39H67N7O10/c1-29(47)37(53)40-44(17-7-4-8-18-44)25-33(50)23-43(24-34(51)26-45(19-9-5-10-20-45)41-38(54)30(2)48)32-13-15-36(16-14-32)56-28-35(52)27-46(21-11-6-12-22-46)42-39(55)31(3)49/h13-16,29-31,33-35,47-52H,4-12,17-28H2,1-3H3. The Kier molecular flexibility index (Phi) is 17.1. The van der Waals surface area contributed by atoms with Crippen LogP contribution in [-0.2, 0) is 0 Å². The summed E-state index contributed by atoms with van der Waals surface area (Å²) in [6.45, 7) is 8.08. The molecule has 3 fully saturated rings. The van der Waals surface area contributed by atoms with Crippen LogP contribution in [0, 0.1) is 0 Å². The summed E-state index contributed by atoms with van der Waals surface area (Å²) in [4.78, 5) is 1.84. The largest absolute Gasteiger partial charge is 0.856 e. The summed E-state index contributed by atoms with van der Waals surface area (Å²) in [5.41, 5.74) is 0.661. The molecule has 0 radical (unpaired) electrons. The van der Waals surface area contributed by atoms with Gasteiger partial charge in [0.05, 0.1) is 18.3 Å². The summed E-state index contributed by atoms with van der Waals surface area (Å²) >= 11 is 0. The maximum absolute atomic E-state index is 12.6. The maximum atomic E-state index is 12.6. The second kappa shape index (κ2) is 21.0. The monoisotopic (exact) mass is 793 g/mol. The van der Waals surface area contributed by atoms with Gasteiger partial charge in [0.2, 0.25) is 0 Å². The molecule has 3 heterocycles. The zero-order valence-corrected chi connectivity index (χ0v) is 33.6. The number of aliphatic hydroxyl groups excluding tert-OH is 6. The van der Waals surface area contributed by atoms with Crippen LogP contribution >= 0.6 is 0 Å². The Balaban J connectivity index is 1.52. The molecule has 6 N–H and O–H groups in total. The molecule has 0 saturated carbocycles. The van der Waals surface area contributed by atoms with E-state index >= 15 is 0 Å². The first-order valence-corrected chi connectivity index (χ1v) is 20.5. The number of benzene rings is 1. The summed E-state index contributed by atoms with van der Waals surface area (Å²) in [5.74, 6) is -1.40. The van der Waals surface area contributed by atoms with Crippen molar-refractivity contribution in [3.63, 3.8) is 0 Å². The molecule has 1 aromatic carbocycles. The predicted molar refractivity (Wildman–Crippen MR) is 206 cm³/mol. The third-order valence-electron chi connectivity index (χ3n) is 11.1. The first-order valence-electron chi connectivity index (χ1n) is 20.5. The number of ether oxygens (including phenoxy) is 1. The molecule has 6 atom stereocenters. The third-order valence-corrected chi connectivity index (χ3v) is 11.1. The fourth-order valence-electron chi connectivity index (χ4n) is 8.24. The van der Waals surface area contributed by atoms with Gasteiger partial charge in [-0.15, -0.1) is 15.3 Å². The zero-order valence-electron chi connectivity index (χ0n) is 33.6. The molecule has 56 heavy (non-hydrogen) atoms. The summed E-state index contributed by atoms with van der Waals surface area (Å²) < 4.78 is 6.03. The zero-order chi connectivity index (χ0) is 40.9. The molecule has 3 saturated heterocycles. The van der Waals surface area contributed by atoms with Crippen LogP contribution < -0.4 is 25.0 Å². The predicted octanol–water partition coefficient (Wildman–Crippen LogP) is -1.88. The van der Waals surface area contributed by atoms with Gasteiger partial charge in [-0.2, -0.15) is 13.8 Å². The SMILES string of the molecule is CC(O)/C([O-])=N/[N+]1(CC(O)COc2ccc(N(CC(O)C[N+]3(/N=C(\[O-])C(C)O)CCCCC3)CC(O)C[N+]3(/N=C(\[O-])C(C)O)CCCCC3)cc2)CCCCC1. The minimum Gasteiger partial charge on any atom is -0.856 e. The summed E-state index contributed by atoms with van der Waals surface area (Å²) in [7, 11) is 0. The van der Waals surface area contributed by atoms with Gasteiger partial charge in [-0.05, 0) is 103 Å². The van der Waals surface area contributed by atoms with Gasteiger partial charge in [0.1, 0.15) is 89.6 Å². The van der Waals surface area contributed by atoms with E-state index < -0.39 is 54.3 Å². The van der Waals surface area contributed by atoms with E-state index in [0.717, 1.165) is 57.8 Å². The van der Waals surface area contributed by atoms with Crippen molar-refractivity contribution in [1.29, 1.82) is 0 Å². The lowest BCUT2D eigenvalue weighted by molar-refractivity contribution is -0.942. The fourth-order valence-corrected chi connectivity index (χ4v) is 8.24. The Morgan fingerprint density at radius 3 is 1.20 bits per heavy atom. The Morgan fingerprint density at radius 2 is 0.875 bits per heavy atom. The Labute approximate surface area is 331 Å². The smallest absolute Gasteiger partial charge is 0.139 e. The van der Waals surface area contributed by atoms with Crippen LogP contribution in [0.2, 0.25) is 0 Å². The second-order valence-electron chi connectivity index (χ2n) is 16.4. The summed E-state index contributed by atoms with van der Waals surface area (Å²) in [5, 5.41) is 114. The van der Waals surface area contributed by atoms with Gasteiger partial charge in [-0.1, -0.05) is 0 Å². The van der Waals surface area contributed by atoms with E-state index in [4.69, 9.17) is 4.74 Å². The molecule has 4 rings (SSSR count). The molecule has 318 valence electrons. The summed E-state index contributed by atoms with van der Waals surface area (Å²) in [6.07, 6.45) is 1.37. The van der Waals surface area contributed by atoms with E-state index in [-0.39, 0.29) is 53.1 Å². The highest BCUT2D eigenvalue weighted by molar-refractivity contribution is 5.75. The minimum absolute atomic E-state index is 0.0111. The molecule has 0 spiro atoms. The van der Waals surface area contributed by atoms with E-state index in [0.29, 0.717) is 50.7 Å². The van der Waals surface area contributed by atoms with Gasteiger partial charge >= 0.3 is 0 Å². The lowest BCUT2D eigenvalue weighted by Crippen LogP contribution is -2.56. The molecule has 6 unspecified atom stereocenters. The summed E-state index contributed by atoms with van der Waals surface area (Å²) in [6, 6.07) is 7.03. The number of anilines is 1. The normalized spacial score (nSPS) is 23.7. The molecular formula is C39H67N7O10. The Bertz CT molecular complexity index is 1370. The molecule has 0 amide bonds. The highest BCUT2D eigenvalue weighted by Crippen LogP contribution is 2.27. The van der Waals surface area contributed by atoms with Gasteiger partial charge < -0.3 is 55.6 Å². The average molecular weight is 794 g/mol. The lowest BCUT2D eigenvalue weighted by atomic mass is 10.1. The Morgan fingerprint density at radius 1 is 0.554 bits per heavy atom. The average Bonchev–Trinajstić information content (AvgIpc) is 3.14. The van der Waals surface area contributed by atoms with Crippen molar-refractivity contribution in [2.75, 3.05) is 83.5 Å². The highest BCUT2D eigenvalue weighted by Gasteiger charge is 2.37. The van der Waals surface area contributed by atoms with Crippen molar-refractivity contribution >= 4 is 23.4 Å². The van der Waals surface area contributed by atoms with Gasteiger partial charge in [0.25, 0.3) is 0 Å². The third kappa shape index (κ3) is 13.8. The van der Waals surface area contributed by atoms with Gasteiger partial charge in [-0.3, -0.25) is 0 Å². The second-order valence-corrected chi connectivity index (χ2v) is 16.4. The maximum Gasteiger partial charge on any atom is 0.139 e. The van der Waals surface area contributed by atoms with Crippen molar-refractivity contribution in [2.24, 2.45) is 15.3 Å². The number of likely N-dealkylation sites (tertiary alicyclic amines) is 3. The van der Waals surface area contributed by atoms with E-state index in [9.17, 15) is 46.0 Å². The number of hydrogen-bond donors (Lipinski definition) is 6.